The Morgan fingerprint density at radius 1 is 1.35 bits per heavy atom. The van der Waals surface area contributed by atoms with Crippen LogP contribution in [0, 0.1) is 0 Å². The van der Waals surface area contributed by atoms with Gasteiger partial charge in [0.1, 0.15) is 4.90 Å². The number of nitrogens with zero attached hydrogens (tertiary/aromatic N) is 2. The Hall–Kier alpha value is -0.960. The van der Waals surface area contributed by atoms with Crippen molar-refractivity contribution in [2.24, 2.45) is 7.05 Å². The van der Waals surface area contributed by atoms with Gasteiger partial charge in [0, 0.05) is 11.5 Å². The lowest BCUT2D eigenvalue weighted by Gasteiger charge is -2.12. The Balaban J connectivity index is 2.52. The van der Waals surface area contributed by atoms with Crippen LogP contribution < -0.4 is 10.5 Å². The van der Waals surface area contributed by atoms with Crippen LogP contribution in [0.5, 0.6) is 0 Å². The molecule has 0 saturated heterocycles. The molecular weight excluding hydrogens is 391 g/mol. The molecule has 0 aliphatic heterocycles. The van der Waals surface area contributed by atoms with Crippen molar-refractivity contribution >= 4 is 60.7 Å². The van der Waals surface area contributed by atoms with Crippen LogP contribution in [0.25, 0.3) is 0 Å². The normalized spacial score (nSPS) is 11.6. The fourth-order valence-electron chi connectivity index (χ4n) is 1.54. The van der Waals surface area contributed by atoms with E-state index in [1.54, 1.807) is 7.05 Å². The number of benzene rings is 1. The number of aryl methyl sites for hydroxylation is 1. The number of hydrogen-bond donors (Lipinski definition) is 2. The standard InChI is InChI=1S/C10H9BrCl2N4O2S/c1-17-10(8(14)4-15-17)16-20(18,19)9-6(12)2-5(11)3-7(9)13/h2-4,16H,14H2,1H3. The minimum atomic E-state index is -3.98. The monoisotopic (exact) mass is 398 g/mol. The lowest BCUT2D eigenvalue weighted by atomic mass is 10.4. The fraction of sp³-hybridized carbons (Fsp3) is 0.100. The Morgan fingerprint density at radius 2 is 1.90 bits per heavy atom. The van der Waals surface area contributed by atoms with Crippen LogP contribution in [0.15, 0.2) is 27.7 Å². The zero-order valence-corrected chi connectivity index (χ0v) is 14.0. The Labute approximate surface area is 134 Å². The predicted molar refractivity (Wildman–Crippen MR) is 82.6 cm³/mol. The van der Waals surface area contributed by atoms with Crippen molar-refractivity contribution in [3.8, 4) is 0 Å². The van der Waals surface area contributed by atoms with E-state index in [2.05, 4.69) is 25.8 Å². The maximum Gasteiger partial charge on any atom is 0.266 e. The van der Waals surface area contributed by atoms with Gasteiger partial charge >= 0.3 is 0 Å². The van der Waals surface area contributed by atoms with Gasteiger partial charge in [0.05, 0.1) is 21.9 Å². The van der Waals surface area contributed by atoms with Crippen LogP contribution >= 0.6 is 39.1 Å². The summed E-state index contributed by atoms with van der Waals surface area (Å²) in [4.78, 5) is -0.218. The smallest absolute Gasteiger partial charge is 0.266 e. The zero-order valence-electron chi connectivity index (χ0n) is 10.1. The van der Waals surface area contributed by atoms with Crippen molar-refractivity contribution < 1.29 is 8.42 Å². The van der Waals surface area contributed by atoms with Gasteiger partial charge in [-0.2, -0.15) is 5.10 Å². The molecule has 1 heterocycles. The summed E-state index contributed by atoms with van der Waals surface area (Å²) in [5.74, 6) is 0.139. The van der Waals surface area contributed by atoms with Gasteiger partial charge in [-0.25, -0.2) is 8.42 Å². The van der Waals surface area contributed by atoms with E-state index < -0.39 is 10.0 Å². The summed E-state index contributed by atoms with van der Waals surface area (Å²) in [6.45, 7) is 0. The van der Waals surface area contributed by atoms with Gasteiger partial charge in [-0.3, -0.25) is 9.40 Å². The second-order valence-corrected chi connectivity index (χ2v) is 7.23. The average molecular weight is 400 g/mol. The van der Waals surface area contributed by atoms with Crippen molar-refractivity contribution in [3.05, 3.63) is 32.8 Å². The van der Waals surface area contributed by atoms with Gasteiger partial charge in [-0.05, 0) is 12.1 Å². The molecular formula is C10H9BrCl2N4O2S. The number of nitrogens with two attached hydrogens (primary N) is 1. The van der Waals surface area contributed by atoms with Gasteiger partial charge in [-0.1, -0.05) is 39.1 Å². The predicted octanol–water partition coefficient (Wildman–Crippen LogP) is 2.87. The van der Waals surface area contributed by atoms with Crippen LogP contribution in [0.2, 0.25) is 10.0 Å². The molecule has 1 aromatic heterocycles. The third-order valence-corrected chi connectivity index (χ3v) is 5.15. The quantitative estimate of drug-likeness (QED) is 0.830. The molecule has 0 aliphatic carbocycles. The van der Waals surface area contributed by atoms with E-state index in [9.17, 15) is 8.42 Å². The summed E-state index contributed by atoms with van der Waals surface area (Å²) in [6.07, 6.45) is 1.34. The fourth-order valence-corrected chi connectivity index (χ4v) is 4.60. The van der Waals surface area contributed by atoms with Crippen LogP contribution in [0.4, 0.5) is 11.5 Å². The summed E-state index contributed by atoms with van der Waals surface area (Å²) >= 11 is 15.1. The topological polar surface area (TPSA) is 90.0 Å². The molecule has 108 valence electrons. The molecule has 10 heteroatoms. The maximum absolute atomic E-state index is 12.4. The second-order valence-electron chi connectivity index (χ2n) is 3.88. The molecule has 0 spiro atoms. The first-order valence-corrected chi connectivity index (χ1v) is 8.20. The molecule has 6 nitrogen and oxygen atoms in total. The van der Waals surface area contributed by atoms with Gasteiger partial charge in [-0.15, -0.1) is 0 Å². The Kier molecular flexibility index (Phi) is 4.19. The van der Waals surface area contributed by atoms with E-state index in [4.69, 9.17) is 28.9 Å². The van der Waals surface area contributed by atoms with Crippen molar-refractivity contribution in [1.82, 2.24) is 9.78 Å². The van der Waals surface area contributed by atoms with Crippen LogP contribution in [0.3, 0.4) is 0 Å². The number of nitrogens with one attached hydrogen (secondary N) is 1. The second kappa shape index (κ2) is 5.44. The van der Waals surface area contributed by atoms with Crippen molar-refractivity contribution in [3.63, 3.8) is 0 Å². The molecule has 0 aliphatic rings. The zero-order chi connectivity index (χ0) is 15.1. The third-order valence-electron chi connectivity index (χ3n) is 2.43. The minimum absolute atomic E-state index is 0.00221. The van der Waals surface area contributed by atoms with E-state index in [1.165, 1.54) is 23.0 Å². The van der Waals surface area contributed by atoms with Crippen molar-refractivity contribution in [1.29, 1.82) is 0 Å². The van der Waals surface area contributed by atoms with Gasteiger partial charge < -0.3 is 5.73 Å². The number of nitrogen functional groups attached to an aromatic ring is 1. The summed E-state index contributed by atoms with van der Waals surface area (Å²) in [5, 5.41) is 3.84. The highest BCUT2D eigenvalue weighted by molar-refractivity contribution is 9.10. The Morgan fingerprint density at radius 3 is 2.35 bits per heavy atom. The largest absolute Gasteiger partial charge is 0.394 e. The van der Waals surface area contributed by atoms with Crippen molar-refractivity contribution in [2.45, 2.75) is 4.90 Å². The first-order chi connectivity index (χ1) is 9.22. The average Bonchev–Trinajstić information content (AvgIpc) is 2.58. The molecule has 2 aromatic rings. The van der Waals surface area contributed by atoms with E-state index in [-0.39, 0.29) is 26.4 Å². The molecule has 20 heavy (non-hydrogen) atoms. The van der Waals surface area contributed by atoms with Crippen LogP contribution in [-0.4, -0.2) is 18.2 Å². The molecule has 3 N–H and O–H groups in total. The van der Waals surface area contributed by atoms with Gasteiger partial charge in [0.25, 0.3) is 10.0 Å². The number of rotatable bonds is 3. The van der Waals surface area contributed by atoms with E-state index in [0.717, 1.165) is 0 Å². The molecule has 0 unspecified atom stereocenters. The number of halogens is 3. The summed E-state index contributed by atoms with van der Waals surface area (Å²) < 4.78 is 28.9. The summed E-state index contributed by atoms with van der Waals surface area (Å²) in [5.41, 5.74) is 5.84. The SMILES string of the molecule is Cn1ncc(N)c1NS(=O)(=O)c1c(Cl)cc(Br)cc1Cl. The maximum atomic E-state index is 12.4. The lowest BCUT2D eigenvalue weighted by Crippen LogP contribution is -2.17. The first kappa shape index (κ1) is 15.4. The van der Waals surface area contributed by atoms with E-state index in [1.807, 2.05) is 0 Å². The Bertz CT molecular complexity index is 733. The molecule has 0 bridgehead atoms. The van der Waals surface area contributed by atoms with Gasteiger partial charge in [0.15, 0.2) is 5.82 Å². The molecule has 0 amide bonds. The molecule has 0 saturated carbocycles. The number of hydrogen-bond acceptors (Lipinski definition) is 4. The molecule has 0 radical (unpaired) electrons. The summed E-state index contributed by atoms with van der Waals surface area (Å²) in [6, 6.07) is 2.88. The third kappa shape index (κ3) is 2.88. The van der Waals surface area contributed by atoms with Gasteiger partial charge in [0.2, 0.25) is 0 Å². The summed E-state index contributed by atoms with van der Waals surface area (Å²) in [7, 11) is -2.43. The highest BCUT2D eigenvalue weighted by Gasteiger charge is 2.24. The number of anilines is 2. The lowest BCUT2D eigenvalue weighted by molar-refractivity contribution is 0.600. The number of aromatic nitrogens is 2. The molecule has 0 atom stereocenters. The van der Waals surface area contributed by atoms with Crippen LogP contribution in [-0.2, 0) is 17.1 Å². The molecule has 1 aromatic carbocycles. The first-order valence-electron chi connectivity index (χ1n) is 5.17. The molecule has 0 fully saturated rings. The van der Waals surface area contributed by atoms with Crippen LogP contribution in [0.1, 0.15) is 0 Å². The van der Waals surface area contributed by atoms with E-state index in [0.29, 0.717) is 4.47 Å². The van der Waals surface area contributed by atoms with Crippen molar-refractivity contribution in [2.75, 3.05) is 10.5 Å². The molecule has 2 rings (SSSR count). The number of sulfonamides is 1. The highest BCUT2D eigenvalue weighted by atomic mass is 79.9. The highest BCUT2D eigenvalue weighted by Crippen LogP contribution is 2.34. The minimum Gasteiger partial charge on any atom is -0.394 e. The van der Waals surface area contributed by atoms with E-state index >= 15 is 0 Å².